The molecule has 0 amide bonds. The van der Waals surface area contributed by atoms with Crippen LogP contribution in [0.15, 0.2) is 48.9 Å². The van der Waals surface area contributed by atoms with Crippen LogP contribution in [-0.2, 0) is 13.0 Å². The molecule has 6 aromatic rings. The summed E-state index contributed by atoms with van der Waals surface area (Å²) < 4.78 is 296. The molecule has 0 radical (unpaired) electrons. The first kappa shape index (κ1) is 44.9. The fraction of sp³-hybridized carbons (Fsp3) is 0.0811. The van der Waals surface area contributed by atoms with Crippen molar-refractivity contribution in [3.63, 3.8) is 0 Å². The van der Waals surface area contributed by atoms with Gasteiger partial charge in [0.25, 0.3) is 0 Å². The van der Waals surface area contributed by atoms with Crippen molar-refractivity contribution in [3.8, 4) is 0 Å². The molecular weight excluding hydrogens is 863 g/mol. The van der Waals surface area contributed by atoms with Crippen molar-refractivity contribution in [1.82, 2.24) is 4.98 Å². The zero-order valence-corrected chi connectivity index (χ0v) is 29.1. The average molecular weight is 878 g/mol. The maximum absolute atomic E-state index is 15.4. The van der Waals surface area contributed by atoms with E-state index in [1.54, 1.807) is 0 Å². The third kappa shape index (κ3) is 6.95. The number of aromatic nitrogens is 2. The first-order valence-corrected chi connectivity index (χ1v) is 16.2. The Bertz CT molecular complexity index is 2290. The molecule has 5 aromatic carbocycles. The van der Waals surface area contributed by atoms with E-state index in [0.717, 1.165) is 13.0 Å². The molecule has 0 atom stereocenters. The quantitative estimate of drug-likeness (QED) is 0.0526. The lowest BCUT2D eigenvalue weighted by molar-refractivity contribution is -0.696. The van der Waals surface area contributed by atoms with Crippen LogP contribution in [0.2, 0.25) is 0 Å². The summed E-state index contributed by atoms with van der Waals surface area (Å²) in [5, 5.41) is 0. The molecule has 0 fully saturated rings. The van der Waals surface area contributed by atoms with Gasteiger partial charge in [0, 0.05) is 12.0 Å². The van der Waals surface area contributed by atoms with Crippen LogP contribution in [0.1, 0.15) is 18.2 Å². The van der Waals surface area contributed by atoms with Gasteiger partial charge >= 0.3 is 0 Å². The van der Waals surface area contributed by atoms with E-state index < -0.39 is 144 Å². The normalized spacial score (nSPS) is 11.6. The number of hydrogen-bond donors (Lipinski definition) is 0. The van der Waals surface area contributed by atoms with Gasteiger partial charge in [-0.25, -0.2) is 87.8 Å². The Balaban J connectivity index is 0.000000379. The van der Waals surface area contributed by atoms with Gasteiger partial charge in [-0.2, -0.15) is 4.57 Å². The molecule has 0 aliphatic heterocycles. The Kier molecular flexibility index (Phi) is 12.6. The maximum atomic E-state index is 15.4. The average Bonchev–Trinajstić information content (AvgIpc) is 3.24. The van der Waals surface area contributed by atoms with E-state index in [1.807, 2.05) is 24.7 Å². The van der Waals surface area contributed by atoms with Crippen LogP contribution in [0.3, 0.4) is 0 Å². The summed E-state index contributed by atoms with van der Waals surface area (Å²) in [6.45, 7) is 3.07. The minimum atomic E-state index is -7.22. The van der Waals surface area contributed by atoms with Gasteiger partial charge in [-0.05, 0) is 0 Å². The molecule has 0 aliphatic carbocycles. The second-order valence-corrected chi connectivity index (χ2v) is 12.3. The van der Waals surface area contributed by atoms with Crippen LogP contribution >= 0.6 is 0 Å². The number of aryl methyl sites for hydroxylation is 1. The second kappa shape index (κ2) is 16.8. The molecule has 0 unspecified atom stereocenters. The number of rotatable bonds is 7. The van der Waals surface area contributed by atoms with Gasteiger partial charge in [0.15, 0.2) is 88.2 Å². The SMILES string of the molecule is CCc1cncc[n+]1Cc1ccccc1.Fc1c(F)c(F)c([B-](c2c(F)c(F)c(F)c(F)c2F)(c2c(F)c(F)c(F)c(F)c2F)c2c(F)c(F)c(F)c(F)c2F)c(F)c1F. The van der Waals surface area contributed by atoms with Crippen LogP contribution in [0.5, 0.6) is 0 Å². The number of nitrogens with zero attached hydrogens (tertiary/aromatic N) is 2. The summed E-state index contributed by atoms with van der Waals surface area (Å²) in [4.78, 5) is 4.14. The smallest absolute Gasteiger partial charge is 0.200 e. The Hall–Kier alpha value is -6.16. The molecule has 0 saturated carbocycles. The first-order chi connectivity index (χ1) is 28.1. The lowest BCUT2D eigenvalue weighted by Crippen LogP contribution is -2.81. The van der Waals surface area contributed by atoms with Crippen LogP contribution in [0, 0.1) is 116 Å². The van der Waals surface area contributed by atoms with E-state index in [1.165, 1.54) is 11.3 Å². The highest BCUT2D eigenvalue weighted by Crippen LogP contribution is 2.30. The van der Waals surface area contributed by atoms with Crippen LogP contribution in [0.4, 0.5) is 87.8 Å². The zero-order chi connectivity index (χ0) is 44.9. The highest BCUT2D eigenvalue weighted by atomic mass is 19.2. The molecule has 1 heterocycles. The summed E-state index contributed by atoms with van der Waals surface area (Å²) in [6, 6.07) is 10.5. The molecule has 2 nitrogen and oxygen atoms in total. The van der Waals surface area contributed by atoms with E-state index in [2.05, 4.69) is 40.7 Å². The van der Waals surface area contributed by atoms with Crippen molar-refractivity contribution in [3.05, 3.63) is 177 Å². The van der Waals surface area contributed by atoms with Crippen molar-refractivity contribution >= 4 is 28.0 Å². The molecule has 6 rings (SSSR count). The van der Waals surface area contributed by atoms with E-state index >= 15 is 35.1 Å². The Morgan fingerprint density at radius 3 is 0.933 bits per heavy atom. The topological polar surface area (TPSA) is 16.8 Å². The number of benzene rings is 5. The minimum Gasteiger partial charge on any atom is -0.252 e. The molecule has 0 aliphatic rings. The molecule has 60 heavy (non-hydrogen) atoms. The van der Waals surface area contributed by atoms with E-state index in [4.69, 9.17) is 0 Å². The summed E-state index contributed by atoms with van der Waals surface area (Å²) in [7, 11) is 0. The van der Waals surface area contributed by atoms with Gasteiger partial charge in [-0.15, -0.1) is 21.9 Å². The predicted molar refractivity (Wildman–Crippen MR) is 169 cm³/mol. The predicted octanol–water partition coefficient (Wildman–Crippen LogP) is 7.83. The number of hydrogen-bond acceptors (Lipinski definition) is 1. The molecule has 23 heteroatoms. The lowest BCUT2D eigenvalue weighted by atomic mass is 9.12. The fourth-order valence-electron chi connectivity index (χ4n) is 6.52. The summed E-state index contributed by atoms with van der Waals surface area (Å²) in [5.41, 5.74) is -11.7. The first-order valence-electron chi connectivity index (χ1n) is 16.2. The standard InChI is InChI=1S/C24BF20.C13H15N2/c26-5-1(6(27)14(35)21(42)13(5)34)25(2-7(28)15(36)22(43)16(37)8(2)29,3-9(30)17(38)23(44)18(39)10(3)31)4-11(32)19(40)24(45)20(41)12(4)33;1-2-13-10-14-8-9-15(13)11-12-6-4-3-5-7-12/h;3-10H,2,11H2,1H3/q-1;+1. The van der Waals surface area contributed by atoms with Gasteiger partial charge in [-0.1, -0.05) is 37.3 Å². The maximum Gasteiger partial charge on any atom is 0.200 e. The molecule has 0 saturated heterocycles. The molecule has 0 N–H and O–H groups in total. The van der Waals surface area contributed by atoms with Crippen molar-refractivity contribution in [2.75, 3.05) is 0 Å². The Morgan fingerprint density at radius 1 is 0.400 bits per heavy atom. The molecule has 316 valence electrons. The lowest BCUT2D eigenvalue weighted by Gasteiger charge is -2.44. The molecular formula is C37H15BF20N2. The summed E-state index contributed by atoms with van der Waals surface area (Å²) >= 11 is 0. The Labute approximate surface area is 321 Å². The van der Waals surface area contributed by atoms with Crippen LogP contribution < -0.4 is 26.4 Å². The zero-order valence-electron chi connectivity index (χ0n) is 29.1. The fourth-order valence-corrected chi connectivity index (χ4v) is 6.52. The van der Waals surface area contributed by atoms with E-state index in [-0.39, 0.29) is 0 Å². The molecule has 1 aromatic heterocycles. The van der Waals surface area contributed by atoms with Crippen molar-refractivity contribution < 1.29 is 92.4 Å². The van der Waals surface area contributed by atoms with Gasteiger partial charge < -0.3 is 0 Å². The highest BCUT2D eigenvalue weighted by molar-refractivity contribution is 7.20. The summed E-state index contributed by atoms with van der Waals surface area (Å²) in [5.74, 6) is -71.4. The van der Waals surface area contributed by atoms with Crippen LogP contribution in [0.25, 0.3) is 0 Å². The van der Waals surface area contributed by atoms with E-state index in [9.17, 15) is 52.7 Å². The Morgan fingerprint density at radius 2 is 0.667 bits per heavy atom. The monoisotopic (exact) mass is 878 g/mol. The van der Waals surface area contributed by atoms with Crippen LogP contribution in [-0.4, -0.2) is 11.1 Å². The second-order valence-electron chi connectivity index (χ2n) is 12.3. The van der Waals surface area contributed by atoms with E-state index in [0.29, 0.717) is 0 Å². The van der Waals surface area contributed by atoms with Crippen molar-refractivity contribution in [2.45, 2.75) is 19.9 Å². The third-order valence-electron chi connectivity index (χ3n) is 9.19. The van der Waals surface area contributed by atoms with Gasteiger partial charge in [0.1, 0.15) is 52.7 Å². The molecule has 0 bridgehead atoms. The van der Waals surface area contributed by atoms with Gasteiger partial charge in [0.2, 0.25) is 0 Å². The number of halogens is 20. The minimum absolute atomic E-state index is 0.923. The van der Waals surface area contributed by atoms with Crippen molar-refractivity contribution in [1.29, 1.82) is 0 Å². The molecule has 0 spiro atoms. The van der Waals surface area contributed by atoms with Gasteiger partial charge in [-0.3, -0.25) is 4.98 Å². The van der Waals surface area contributed by atoms with Gasteiger partial charge in [0.05, 0.1) is 12.4 Å². The van der Waals surface area contributed by atoms with Crippen molar-refractivity contribution in [2.24, 2.45) is 0 Å². The highest BCUT2D eigenvalue weighted by Gasteiger charge is 2.52. The largest absolute Gasteiger partial charge is 0.252 e. The summed E-state index contributed by atoms with van der Waals surface area (Å²) in [6.07, 6.45) is -0.400. The third-order valence-corrected chi connectivity index (χ3v) is 9.19.